The van der Waals surface area contributed by atoms with Crippen molar-refractivity contribution in [3.05, 3.63) is 29.8 Å². The van der Waals surface area contributed by atoms with Crippen LogP contribution in [0.3, 0.4) is 0 Å². The average molecular weight is 264 g/mol. The van der Waals surface area contributed by atoms with Gasteiger partial charge in [0.15, 0.2) is 0 Å². The van der Waals surface area contributed by atoms with Gasteiger partial charge >= 0.3 is 5.97 Å². The lowest BCUT2D eigenvalue weighted by atomic mass is 10.2. The quantitative estimate of drug-likeness (QED) is 0.769. The summed E-state index contributed by atoms with van der Waals surface area (Å²) in [6.07, 6.45) is 0.390. The molecule has 0 saturated carbocycles. The number of ether oxygens (including phenoxy) is 1. The number of rotatable bonds is 6. The topological polar surface area (TPSA) is 67.4 Å². The molecule has 0 radical (unpaired) electrons. The van der Waals surface area contributed by atoms with E-state index in [9.17, 15) is 9.59 Å². The molecule has 0 fully saturated rings. The molecule has 2 N–H and O–H groups in total. The molecule has 19 heavy (non-hydrogen) atoms. The summed E-state index contributed by atoms with van der Waals surface area (Å²) in [6.45, 7) is 4.68. The third-order valence-corrected chi connectivity index (χ3v) is 2.47. The molecule has 0 aromatic heterocycles. The van der Waals surface area contributed by atoms with E-state index >= 15 is 0 Å². The summed E-state index contributed by atoms with van der Waals surface area (Å²) in [5.41, 5.74) is 1.01. The number of anilines is 1. The fourth-order valence-corrected chi connectivity index (χ4v) is 1.54. The normalized spacial score (nSPS) is 10.3. The highest BCUT2D eigenvalue weighted by Gasteiger charge is 2.07. The van der Waals surface area contributed by atoms with Crippen molar-refractivity contribution in [2.75, 3.05) is 19.0 Å². The third kappa shape index (κ3) is 5.52. The van der Waals surface area contributed by atoms with Gasteiger partial charge in [-0.1, -0.05) is 19.9 Å². The number of hydrogen-bond acceptors (Lipinski definition) is 4. The number of nitrogens with one attached hydrogen (secondary N) is 2. The van der Waals surface area contributed by atoms with Gasteiger partial charge in [0.1, 0.15) is 0 Å². The van der Waals surface area contributed by atoms with E-state index in [-0.39, 0.29) is 5.91 Å². The van der Waals surface area contributed by atoms with Gasteiger partial charge in [-0.3, -0.25) is 4.79 Å². The molecule has 5 heteroatoms. The van der Waals surface area contributed by atoms with Crippen LogP contribution in [-0.4, -0.2) is 31.6 Å². The SMILES string of the molecule is COC(=O)c1cccc(NC(=O)CCNC(C)C)c1. The Kier molecular flexibility index (Phi) is 6.02. The molecule has 104 valence electrons. The second-order valence-electron chi connectivity index (χ2n) is 4.48. The Morgan fingerprint density at radius 2 is 2.05 bits per heavy atom. The molecule has 0 spiro atoms. The standard InChI is InChI=1S/C14H20N2O3/c1-10(2)15-8-7-13(17)16-12-6-4-5-11(9-12)14(18)19-3/h4-6,9-10,15H,7-8H2,1-3H3,(H,16,17). The summed E-state index contributed by atoms with van der Waals surface area (Å²) in [5, 5.41) is 5.91. The van der Waals surface area contributed by atoms with E-state index in [1.54, 1.807) is 24.3 Å². The van der Waals surface area contributed by atoms with Gasteiger partial charge in [0.25, 0.3) is 0 Å². The maximum absolute atomic E-state index is 11.7. The van der Waals surface area contributed by atoms with Gasteiger partial charge in [-0.05, 0) is 18.2 Å². The number of carbonyl (C=O) groups excluding carboxylic acids is 2. The van der Waals surface area contributed by atoms with Gasteiger partial charge in [0.05, 0.1) is 12.7 Å². The minimum Gasteiger partial charge on any atom is -0.465 e. The summed E-state index contributed by atoms with van der Waals surface area (Å²) in [6, 6.07) is 7.03. The van der Waals surface area contributed by atoms with Crippen LogP contribution < -0.4 is 10.6 Å². The molecule has 1 rings (SSSR count). The Bertz CT molecular complexity index is 444. The highest BCUT2D eigenvalue weighted by atomic mass is 16.5. The number of amides is 1. The molecule has 0 atom stereocenters. The van der Waals surface area contributed by atoms with Crippen LogP contribution in [0.4, 0.5) is 5.69 Å². The van der Waals surface area contributed by atoms with Gasteiger partial charge in [-0.15, -0.1) is 0 Å². The van der Waals surface area contributed by atoms with E-state index in [4.69, 9.17) is 0 Å². The average Bonchev–Trinajstić information content (AvgIpc) is 2.37. The molecule has 0 aliphatic rings. The first-order valence-corrected chi connectivity index (χ1v) is 6.24. The van der Waals surface area contributed by atoms with Crippen LogP contribution in [0.5, 0.6) is 0 Å². The zero-order chi connectivity index (χ0) is 14.3. The van der Waals surface area contributed by atoms with E-state index in [0.29, 0.717) is 30.3 Å². The molecule has 1 amide bonds. The Balaban J connectivity index is 2.52. The molecule has 0 heterocycles. The fraction of sp³-hybridized carbons (Fsp3) is 0.429. The van der Waals surface area contributed by atoms with Gasteiger partial charge in [-0.2, -0.15) is 0 Å². The van der Waals surface area contributed by atoms with Crippen LogP contribution in [0, 0.1) is 0 Å². The number of hydrogen-bond donors (Lipinski definition) is 2. The van der Waals surface area contributed by atoms with Crippen LogP contribution >= 0.6 is 0 Å². The van der Waals surface area contributed by atoms with E-state index in [2.05, 4.69) is 15.4 Å². The summed E-state index contributed by atoms with van der Waals surface area (Å²) in [5.74, 6) is -0.507. The Morgan fingerprint density at radius 3 is 2.68 bits per heavy atom. The summed E-state index contributed by atoms with van der Waals surface area (Å²) in [7, 11) is 1.32. The molecule has 0 aliphatic heterocycles. The predicted molar refractivity (Wildman–Crippen MR) is 74.2 cm³/mol. The van der Waals surface area contributed by atoms with Crippen molar-refractivity contribution < 1.29 is 14.3 Å². The number of methoxy groups -OCH3 is 1. The van der Waals surface area contributed by atoms with Crippen molar-refractivity contribution in [1.82, 2.24) is 5.32 Å². The van der Waals surface area contributed by atoms with E-state index in [0.717, 1.165) is 0 Å². The summed E-state index contributed by atoms with van der Waals surface area (Å²) in [4.78, 5) is 23.0. The maximum Gasteiger partial charge on any atom is 0.337 e. The largest absolute Gasteiger partial charge is 0.465 e. The Hall–Kier alpha value is -1.88. The van der Waals surface area contributed by atoms with E-state index in [1.165, 1.54) is 7.11 Å². The van der Waals surface area contributed by atoms with E-state index < -0.39 is 5.97 Å². The van der Waals surface area contributed by atoms with Crippen LogP contribution in [0.15, 0.2) is 24.3 Å². The minimum atomic E-state index is -0.419. The molecule has 0 bridgehead atoms. The zero-order valence-corrected chi connectivity index (χ0v) is 11.5. The minimum absolute atomic E-state index is 0.0878. The number of carbonyl (C=O) groups is 2. The molecular formula is C14H20N2O3. The Labute approximate surface area is 113 Å². The van der Waals surface area contributed by atoms with Crippen LogP contribution in [0.1, 0.15) is 30.6 Å². The Morgan fingerprint density at radius 1 is 1.32 bits per heavy atom. The number of benzene rings is 1. The molecule has 1 aromatic rings. The molecule has 0 unspecified atom stereocenters. The predicted octanol–water partition coefficient (Wildman–Crippen LogP) is 1.80. The fourth-order valence-electron chi connectivity index (χ4n) is 1.54. The van der Waals surface area contributed by atoms with Crippen molar-refractivity contribution >= 4 is 17.6 Å². The van der Waals surface area contributed by atoms with Gasteiger partial charge < -0.3 is 15.4 Å². The monoisotopic (exact) mass is 264 g/mol. The van der Waals surface area contributed by atoms with Crippen LogP contribution in [0.25, 0.3) is 0 Å². The zero-order valence-electron chi connectivity index (χ0n) is 11.5. The van der Waals surface area contributed by atoms with Crippen molar-refractivity contribution in [3.63, 3.8) is 0 Å². The third-order valence-electron chi connectivity index (χ3n) is 2.47. The van der Waals surface area contributed by atoms with Crippen molar-refractivity contribution in [2.24, 2.45) is 0 Å². The van der Waals surface area contributed by atoms with Crippen molar-refractivity contribution in [2.45, 2.75) is 26.3 Å². The van der Waals surface area contributed by atoms with Gasteiger partial charge in [-0.25, -0.2) is 4.79 Å². The van der Waals surface area contributed by atoms with Crippen LogP contribution in [0.2, 0.25) is 0 Å². The smallest absolute Gasteiger partial charge is 0.337 e. The summed E-state index contributed by atoms with van der Waals surface area (Å²) < 4.78 is 4.63. The van der Waals surface area contributed by atoms with Crippen molar-refractivity contribution in [1.29, 1.82) is 0 Å². The molecule has 1 aromatic carbocycles. The van der Waals surface area contributed by atoms with Crippen LogP contribution in [-0.2, 0) is 9.53 Å². The first-order chi connectivity index (χ1) is 9.02. The lowest BCUT2D eigenvalue weighted by molar-refractivity contribution is -0.116. The lowest BCUT2D eigenvalue weighted by Crippen LogP contribution is -2.27. The number of esters is 1. The second kappa shape index (κ2) is 7.53. The van der Waals surface area contributed by atoms with Gasteiger partial charge in [0.2, 0.25) is 5.91 Å². The highest BCUT2D eigenvalue weighted by molar-refractivity contribution is 5.94. The second-order valence-corrected chi connectivity index (χ2v) is 4.48. The van der Waals surface area contributed by atoms with E-state index in [1.807, 2.05) is 13.8 Å². The van der Waals surface area contributed by atoms with Crippen molar-refractivity contribution in [3.8, 4) is 0 Å². The summed E-state index contributed by atoms with van der Waals surface area (Å²) >= 11 is 0. The highest BCUT2D eigenvalue weighted by Crippen LogP contribution is 2.11. The first kappa shape index (κ1) is 15.2. The molecular weight excluding hydrogens is 244 g/mol. The molecule has 0 saturated heterocycles. The maximum atomic E-state index is 11.7. The molecule has 0 aliphatic carbocycles. The lowest BCUT2D eigenvalue weighted by Gasteiger charge is -2.09. The van der Waals surface area contributed by atoms with Gasteiger partial charge in [0, 0.05) is 24.7 Å². The first-order valence-electron chi connectivity index (χ1n) is 6.24. The molecule has 5 nitrogen and oxygen atoms in total.